The lowest BCUT2D eigenvalue weighted by molar-refractivity contribution is -0.153. The summed E-state index contributed by atoms with van der Waals surface area (Å²) in [4.78, 5) is 16.4. The number of hydrogen-bond acceptors (Lipinski definition) is 3. The van der Waals surface area contributed by atoms with E-state index in [1.807, 2.05) is 14.1 Å². The van der Waals surface area contributed by atoms with E-state index in [2.05, 4.69) is 9.64 Å². The summed E-state index contributed by atoms with van der Waals surface area (Å²) in [5, 5.41) is 0. The fourth-order valence-electron chi connectivity index (χ4n) is 2.83. The Morgan fingerprint density at radius 2 is 2.00 bits per heavy atom. The zero-order chi connectivity index (χ0) is 17.7. The molecule has 134 valence electrons. The summed E-state index contributed by atoms with van der Waals surface area (Å²) in [6.45, 7) is 0.605. The Balaban J connectivity index is 1.87. The van der Waals surface area contributed by atoms with E-state index >= 15 is 0 Å². The summed E-state index contributed by atoms with van der Waals surface area (Å²) in [6.07, 6.45) is -2.05. The number of likely N-dealkylation sites (N-methyl/N-ethyl adjacent to an activating group) is 2. The van der Waals surface area contributed by atoms with Gasteiger partial charge in [-0.2, -0.15) is 13.2 Å². The largest absolute Gasteiger partial charge is 0.484 e. The van der Waals surface area contributed by atoms with E-state index in [1.54, 1.807) is 17.0 Å². The molecule has 24 heavy (non-hydrogen) atoms. The predicted molar refractivity (Wildman–Crippen MR) is 85.0 cm³/mol. The molecule has 1 aliphatic rings. The van der Waals surface area contributed by atoms with Crippen LogP contribution in [-0.2, 0) is 11.2 Å². The molecule has 1 aliphatic heterocycles. The van der Waals surface area contributed by atoms with Gasteiger partial charge in [0.05, 0.1) is 6.42 Å². The van der Waals surface area contributed by atoms with Crippen LogP contribution >= 0.6 is 0 Å². The zero-order valence-corrected chi connectivity index (χ0v) is 14.0. The van der Waals surface area contributed by atoms with Crippen molar-refractivity contribution in [3.05, 3.63) is 29.8 Å². The normalized spacial score (nSPS) is 19.1. The Morgan fingerprint density at radius 3 is 2.58 bits per heavy atom. The molecular formula is C17H23F3N2O2. The van der Waals surface area contributed by atoms with Crippen LogP contribution in [0, 0.1) is 0 Å². The third-order valence-corrected chi connectivity index (χ3v) is 4.22. The maximum absolute atomic E-state index is 12.4. The Hall–Kier alpha value is -1.76. The maximum atomic E-state index is 12.4. The van der Waals surface area contributed by atoms with Crippen molar-refractivity contribution in [3.63, 3.8) is 0 Å². The number of nitrogens with zero attached hydrogens (tertiary/aromatic N) is 2. The standard InChI is InChI=1S/C17H23F3N2O2/c1-21-9-3-4-14(11-21)22(2)16(23)10-13-5-7-15(8-6-13)24-12-17(18,19)20/h5-8,14H,3-4,9-12H2,1-2H3/t14-/m0/s1. The fraction of sp³-hybridized carbons (Fsp3) is 0.588. The van der Waals surface area contributed by atoms with Gasteiger partial charge in [-0.1, -0.05) is 12.1 Å². The first-order valence-corrected chi connectivity index (χ1v) is 7.97. The number of rotatable bonds is 5. The third kappa shape index (κ3) is 5.70. The molecule has 1 saturated heterocycles. The molecule has 2 rings (SSSR count). The van der Waals surface area contributed by atoms with E-state index in [9.17, 15) is 18.0 Å². The zero-order valence-electron chi connectivity index (χ0n) is 14.0. The molecule has 1 aromatic carbocycles. The van der Waals surface area contributed by atoms with Gasteiger partial charge < -0.3 is 14.5 Å². The molecule has 1 heterocycles. The lowest BCUT2D eigenvalue weighted by Gasteiger charge is -2.36. The number of halogens is 3. The van der Waals surface area contributed by atoms with Crippen molar-refractivity contribution in [2.24, 2.45) is 0 Å². The average molecular weight is 344 g/mol. The van der Waals surface area contributed by atoms with Crippen LogP contribution in [0.2, 0.25) is 0 Å². The highest BCUT2D eigenvalue weighted by Crippen LogP contribution is 2.20. The average Bonchev–Trinajstić information content (AvgIpc) is 2.52. The molecule has 0 saturated carbocycles. The van der Waals surface area contributed by atoms with Crippen molar-refractivity contribution in [1.82, 2.24) is 9.80 Å². The topological polar surface area (TPSA) is 32.8 Å². The molecule has 0 bridgehead atoms. The summed E-state index contributed by atoms with van der Waals surface area (Å²) < 4.78 is 41.0. The number of ether oxygens (including phenoxy) is 1. The number of alkyl halides is 3. The number of carbonyl (C=O) groups is 1. The van der Waals surface area contributed by atoms with Gasteiger partial charge >= 0.3 is 6.18 Å². The Kier molecular flexibility index (Phi) is 6.10. The summed E-state index contributed by atoms with van der Waals surface area (Å²) in [7, 11) is 3.86. The number of hydrogen-bond donors (Lipinski definition) is 0. The molecule has 0 aromatic heterocycles. The second kappa shape index (κ2) is 7.88. The summed E-state index contributed by atoms with van der Waals surface area (Å²) in [5.41, 5.74) is 0.760. The van der Waals surface area contributed by atoms with E-state index in [1.165, 1.54) is 12.1 Å². The van der Waals surface area contributed by atoms with Crippen LogP contribution in [0.15, 0.2) is 24.3 Å². The maximum Gasteiger partial charge on any atom is 0.422 e. The van der Waals surface area contributed by atoms with Gasteiger partial charge in [0.15, 0.2) is 6.61 Å². The van der Waals surface area contributed by atoms with Crippen molar-refractivity contribution in [3.8, 4) is 5.75 Å². The highest BCUT2D eigenvalue weighted by Gasteiger charge is 2.28. The van der Waals surface area contributed by atoms with Crippen LogP contribution in [0.1, 0.15) is 18.4 Å². The van der Waals surface area contributed by atoms with Gasteiger partial charge in [-0.05, 0) is 44.1 Å². The minimum Gasteiger partial charge on any atom is -0.484 e. The fourth-order valence-corrected chi connectivity index (χ4v) is 2.83. The van der Waals surface area contributed by atoms with Gasteiger partial charge in [0, 0.05) is 19.6 Å². The first kappa shape index (κ1) is 18.6. The molecule has 0 spiro atoms. The number of likely N-dealkylation sites (tertiary alicyclic amines) is 1. The molecule has 0 radical (unpaired) electrons. The number of amides is 1. The highest BCUT2D eigenvalue weighted by atomic mass is 19.4. The van der Waals surface area contributed by atoms with E-state index in [0.29, 0.717) is 0 Å². The number of piperidine rings is 1. The van der Waals surface area contributed by atoms with Crippen LogP contribution in [-0.4, -0.2) is 61.7 Å². The Labute approximate surface area is 140 Å². The lowest BCUT2D eigenvalue weighted by atomic mass is 10.0. The van der Waals surface area contributed by atoms with Crippen LogP contribution in [0.4, 0.5) is 13.2 Å². The van der Waals surface area contributed by atoms with Gasteiger partial charge in [0.2, 0.25) is 5.91 Å². The SMILES string of the molecule is CN1CCC[C@H](N(C)C(=O)Cc2ccc(OCC(F)(F)F)cc2)C1. The second-order valence-electron chi connectivity index (χ2n) is 6.29. The van der Waals surface area contributed by atoms with E-state index in [4.69, 9.17) is 0 Å². The Morgan fingerprint density at radius 1 is 1.33 bits per heavy atom. The van der Waals surface area contributed by atoms with Crippen molar-refractivity contribution < 1.29 is 22.7 Å². The number of carbonyl (C=O) groups excluding carboxylic acids is 1. The second-order valence-corrected chi connectivity index (χ2v) is 6.29. The molecule has 0 N–H and O–H groups in total. The molecule has 1 fully saturated rings. The van der Waals surface area contributed by atoms with Crippen molar-refractivity contribution in [1.29, 1.82) is 0 Å². The highest BCUT2D eigenvalue weighted by molar-refractivity contribution is 5.78. The lowest BCUT2D eigenvalue weighted by Crippen LogP contribution is -2.47. The number of benzene rings is 1. The molecule has 1 atom stereocenters. The summed E-state index contributed by atoms with van der Waals surface area (Å²) in [6, 6.07) is 6.39. The molecule has 0 aliphatic carbocycles. The first-order chi connectivity index (χ1) is 11.2. The third-order valence-electron chi connectivity index (χ3n) is 4.22. The van der Waals surface area contributed by atoms with Crippen molar-refractivity contribution in [2.45, 2.75) is 31.5 Å². The van der Waals surface area contributed by atoms with Crippen LogP contribution in [0.5, 0.6) is 5.75 Å². The Bertz CT molecular complexity index is 546. The smallest absolute Gasteiger partial charge is 0.422 e. The van der Waals surface area contributed by atoms with Gasteiger partial charge in [-0.15, -0.1) is 0 Å². The van der Waals surface area contributed by atoms with Gasteiger partial charge in [0.25, 0.3) is 0 Å². The van der Waals surface area contributed by atoms with E-state index < -0.39 is 12.8 Å². The summed E-state index contributed by atoms with van der Waals surface area (Å²) in [5.74, 6) is 0.157. The van der Waals surface area contributed by atoms with Gasteiger partial charge in [-0.25, -0.2) is 0 Å². The molecule has 4 nitrogen and oxygen atoms in total. The molecular weight excluding hydrogens is 321 g/mol. The van der Waals surface area contributed by atoms with Crippen molar-refractivity contribution >= 4 is 5.91 Å². The first-order valence-electron chi connectivity index (χ1n) is 7.97. The monoisotopic (exact) mass is 344 g/mol. The van der Waals surface area contributed by atoms with Crippen LogP contribution in [0.25, 0.3) is 0 Å². The minimum atomic E-state index is -4.36. The minimum absolute atomic E-state index is 0.0132. The van der Waals surface area contributed by atoms with Gasteiger partial charge in [0.1, 0.15) is 5.75 Å². The van der Waals surface area contributed by atoms with Crippen LogP contribution < -0.4 is 4.74 Å². The van der Waals surface area contributed by atoms with Crippen LogP contribution in [0.3, 0.4) is 0 Å². The van der Waals surface area contributed by atoms with E-state index in [-0.39, 0.29) is 24.1 Å². The quantitative estimate of drug-likeness (QED) is 0.823. The summed E-state index contributed by atoms with van der Waals surface area (Å²) >= 11 is 0. The van der Waals surface area contributed by atoms with Gasteiger partial charge in [-0.3, -0.25) is 4.79 Å². The molecule has 1 aromatic rings. The predicted octanol–water partition coefficient (Wildman–Crippen LogP) is 2.72. The van der Waals surface area contributed by atoms with Crippen molar-refractivity contribution in [2.75, 3.05) is 33.8 Å². The molecule has 0 unspecified atom stereocenters. The molecule has 7 heteroatoms. The van der Waals surface area contributed by atoms with E-state index in [0.717, 1.165) is 31.5 Å². The molecule has 1 amide bonds.